The first-order chi connectivity index (χ1) is 8.54. The summed E-state index contributed by atoms with van der Waals surface area (Å²) in [5.41, 5.74) is 0. The van der Waals surface area contributed by atoms with Crippen molar-refractivity contribution in [1.29, 1.82) is 0 Å². The van der Waals surface area contributed by atoms with E-state index in [0.717, 1.165) is 17.7 Å². The van der Waals surface area contributed by atoms with Gasteiger partial charge in [0.1, 0.15) is 0 Å². The topological polar surface area (TPSA) is 41.7 Å². The Morgan fingerprint density at radius 2 is 1.74 bits per heavy atom. The van der Waals surface area contributed by atoms with E-state index in [2.05, 4.69) is 0 Å². The van der Waals surface area contributed by atoms with Gasteiger partial charge in [0.15, 0.2) is 0 Å². The van der Waals surface area contributed by atoms with Crippen molar-refractivity contribution in [3.8, 4) is 0 Å². The number of carboxylic acid groups (broad SMARTS) is 1. The van der Waals surface area contributed by atoms with Gasteiger partial charge in [-0.3, -0.25) is 0 Å². The van der Waals surface area contributed by atoms with Crippen molar-refractivity contribution in [3.05, 3.63) is 28.2 Å². The Hall–Kier alpha value is -0.130. The van der Waals surface area contributed by atoms with Gasteiger partial charge in [-0.05, 0) is 18.2 Å². The first kappa shape index (κ1) is 16.9. The molecule has 1 aliphatic rings. The predicted molar refractivity (Wildman–Crippen MR) is 74.1 cm³/mol. The smallest absolute Gasteiger partial charge is 0.511 e. The Balaban J connectivity index is 0.00000180. The van der Waals surface area contributed by atoms with Gasteiger partial charge in [-0.15, -0.1) is 11.8 Å². The normalized spacial score (nSPS) is 22.6. The molecule has 0 unspecified atom stereocenters. The summed E-state index contributed by atoms with van der Waals surface area (Å²) in [4.78, 5) is 12.5. The number of hydrogen-bond donors (Lipinski definition) is 2. The van der Waals surface area contributed by atoms with Crippen LogP contribution >= 0.6 is 35.0 Å². The van der Waals surface area contributed by atoms with Gasteiger partial charge in [-0.2, -0.15) is 4.79 Å². The van der Waals surface area contributed by atoms with Crippen molar-refractivity contribution in [1.82, 2.24) is 0 Å². The molecule has 0 aromatic heterocycles. The van der Waals surface area contributed by atoms with Gasteiger partial charge < -0.3 is 17.5 Å². The Bertz CT molecular complexity index is 430. The number of hydrogen-bond acceptors (Lipinski definition) is 2. The highest BCUT2D eigenvalue weighted by molar-refractivity contribution is 8.00. The van der Waals surface area contributed by atoms with Crippen LogP contribution in [0.15, 0.2) is 23.1 Å². The van der Waals surface area contributed by atoms with E-state index in [1.165, 1.54) is 0 Å². The number of thioether (sulfide) groups is 1. The van der Waals surface area contributed by atoms with Crippen LogP contribution in [0.4, 0.5) is 4.79 Å². The van der Waals surface area contributed by atoms with Crippen molar-refractivity contribution in [2.75, 3.05) is 13.1 Å². The fourth-order valence-electron chi connectivity index (χ4n) is 2.06. The number of nitrogens with one attached hydrogen (secondary N) is 1. The van der Waals surface area contributed by atoms with Crippen LogP contribution in [0.1, 0.15) is 12.8 Å². The molecule has 0 bridgehead atoms. The lowest BCUT2D eigenvalue weighted by Gasteiger charge is -2.25. The van der Waals surface area contributed by atoms with E-state index in [1.807, 2.05) is 12.1 Å². The van der Waals surface area contributed by atoms with E-state index in [9.17, 15) is 4.79 Å². The van der Waals surface area contributed by atoms with Crippen molar-refractivity contribution >= 4 is 41.1 Å². The molecule has 1 aromatic carbocycles. The highest BCUT2D eigenvalue weighted by Gasteiger charge is 2.27. The summed E-state index contributed by atoms with van der Waals surface area (Å²) in [5.74, 6) is 0. The standard InChI is InChI=1S/C12H13Cl2NO2S.ClH/c13-8-5-9(14)7-11(6-8)18-10-1-3-15(4-2-10)12(16)17;/h5-7,10H,1-4H2,(H,16,17);1H. The molecule has 1 heterocycles. The lowest BCUT2D eigenvalue weighted by Crippen LogP contribution is -3.15. The van der Waals surface area contributed by atoms with E-state index >= 15 is 0 Å². The molecule has 0 atom stereocenters. The number of halogens is 3. The van der Waals surface area contributed by atoms with Gasteiger partial charge in [-0.25, -0.2) is 4.90 Å². The van der Waals surface area contributed by atoms with Crippen LogP contribution in [0.2, 0.25) is 10.0 Å². The fraction of sp³-hybridized carbons (Fsp3) is 0.417. The Kier molecular flexibility index (Phi) is 6.77. The zero-order valence-corrected chi connectivity index (χ0v) is 13.1. The maximum Gasteiger partial charge on any atom is 0.511 e. The zero-order valence-electron chi connectivity index (χ0n) is 10.0. The Labute approximate surface area is 132 Å². The van der Waals surface area contributed by atoms with Crippen molar-refractivity contribution in [3.63, 3.8) is 0 Å². The molecule has 2 rings (SSSR count). The zero-order chi connectivity index (χ0) is 13.1. The molecular formula is C12H14Cl3NO2S. The van der Waals surface area contributed by atoms with Gasteiger partial charge >= 0.3 is 6.09 Å². The monoisotopic (exact) mass is 341 g/mol. The highest BCUT2D eigenvalue weighted by Crippen LogP contribution is 2.32. The third-order valence-electron chi connectivity index (χ3n) is 2.98. The number of piperidine rings is 1. The summed E-state index contributed by atoms with van der Waals surface area (Å²) in [5, 5.41) is 10.6. The molecule has 0 aliphatic carbocycles. The van der Waals surface area contributed by atoms with Crippen molar-refractivity contribution in [2.45, 2.75) is 23.0 Å². The first-order valence-electron chi connectivity index (χ1n) is 5.75. The SMILES string of the molecule is O=C(O)[NH+]1CCC(Sc2cc(Cl)cc(Cl)c2)CC1.[Cl-]. The van der Waals surface area contributed by atoms with E-state index < -0.39 is 6.09 Å². The van der Waals surface area contributed by atoms with Gasteiger partial charge in [0.25, 0.3) is 0 Å². The van der Waals surface area contributed by atoms with Gasteiger partial charge in [0.2, 0.25) is 0 Å². The fourth-order valence-corrected chi connectivity index (χ4v) is 3.96. The molecule has 1 aliphatic heterocycles. The second-order valence-corrected chi connectivity index (χ2v) is 6.58. The molecule has 0 radical (unpaired) electrons. The molecule has 1 fully saturated rings. The van der Waals surface area contributed by atoms with E-state index in [4.69, 9.17) is 28.3 Å². The number of carbonyl (C=O) groups is 1. The molecule has 3 nitrogen and oxygen atoms in total. The Morgan fingerprint density at radius 3 is 2.21 bits per heavy atom. The van der Waals surface area contributed by atoms with Crippen molar-refractivity contribution < 1.29 is 27.2 Å². The molecule has 106 valence electrons. The average Bonchev–Trinajstić information content (AvgIpc) is 2.28. The predicted octanol–water partition coefficient (Wildman–Crippen LogP) is -0.185. The van der Waals surface area contributed by atoms with Crippen molar-refractivity contribution in [2.24, 2.45) is 0 Å². The van der Waals surface area contributed by atoms with E-state index in [0.29, 0.717) is 33.3 Å². The van der Waals surface area contributed by atoms with Crippen LogP contribution in [0.25, 0.3) is 0 Å². The minimum atomic E-state index is -0.746. The molecule has 0 spiro atoms. The number of amides is 1. The molecular weight excluding hydrogens is 329 g/mol. The molecule has 7 heteroatoms. The van der Waals surface area contributed by atoms with Gasteiger partial charge in [0.05, 0.1) is 13.1 Å². The van der Waals surface area contributed by atoms with Crippen LogP contribution in [-0.4, -0.2) is 29.5 Å². The Morgan fingerprint density at radius 1 is 1.21 bits per heavy atom. The molecule has 1 saturated heterocycles. The maximum absolute atomic E-state index is 10.8. The van der Waals surface area contributed by atoms with Crippen LogP contribution in [0.5, 0.6) is 0 Å². The maximum atomic E-state index is 10.8. The molecule has 2 N–H and O–H groups in total. The number of quaternary nitrogens is 1. The van der Waals surface area contributed by atoms with E-state index in [1.54, 1.807) is 17.8 Å². The summed E-state index contributed by atoms with van der Waals surface area (Å²) < 4.78 is 0. The van der Waals surface area contributed by atoms with Gasteiger partial charge in [0, 0.05) is 33.0 Å². The molecule has 1 aromatic rings. The highest BCUT2D eigenvalue weighted by atomic mass is 35.5. The summed E-state index contributed by atoms with van der Waals surface area (Å²) in [7, 11) is 0. The summed E-state index contributed by atoms with van der Waals surface area (Å²) in [6.07, 6.45) is 1.05. The molecule has 0 saturated carbocycles. The number of rotatable bonds is 2. The quantitative estimate of drug-likeness (QED) is 0.783. The van der Waals surface area contributed by atoms with Crippen LogP contribution in [0, 0.1) is 0 Å². The second-order valence-electron chi connectivity index (χ2n) is 4.33. The lowest BCUT2D eigenvalue weighted by atomic mass is 10.1. The minimum absolute atomic E-state index is 0. The summed E-state index contributed by atoms with van der Waals surface area (Å²) in [6.45, 7) is 1.36. The largest absolute Gasteiger partial charge is 1.00 e. The third-order valence-corrected chi connectivity index (χ3v) is 4.73. The van der Waals surface area contributed by atoms with Gasteiger partial charge in [-0.1, -0.05) is 23.2 Å². The summed E-state index contributed by atoms with van der Waals surface area (Å²) in [6, 6.07) is 5.51. The van der Waals surface area contributed by atoms with Crippen LogP contribution in [-0.2, 0) is 0 Å². The minimum Gasteiger partial charge on any atom is -1.00 e. The number of benzene rings is 1. The molecule has 19 heavy (non-hydrogen) atoms. The second kappa shape index (κ2) is 7.60. The molecule has 1 amide bonds. The summed E-state index contributed by atoms with van der Waals surface area (Å²) >= 11 is 13.6. The lowest BCUT2D eigenvalue weighted by molar-refractivity contribution is -0.828. The van der Waals surface area contributed by atoms with E-state index in [-0.39, 0.29) is 12.4 Å². The van der Waals surface area contributed by atoms with Crippen LogP contribution in [0.3, 0.4) is 0 Å². The third kappa shape index (κ3) is 5.04. The van der Waals surface area contributed by atoms with Crippen LogP contribution < -0.4 is 17.3 Å². The average molecular weight is 343 g/mol. The first-order valence-corrected chi connectivity index (χ1v) is 7.39. The number of likely N-dealkylation sites (tertiary alicyclic amines) is 1.